The SMILES string of the molecule is CCCNc1ncnc(N(C)CC2CCN(C)C2)c1CC. The summed E-state index contributed by atoms with van der Waals surface area (Å²) in [7, 11) is 4.36. The molecule has 0 spiro atoms. The molecule has 1 fully saturated rings. The van der Waals surface area contributed by atoms with Gasteiger partial charge in [0, 0.05) is 32.2 Å². The van der Waals surface area contributed by atoms with Crippen LogP contribution in [0, 0.1) is 5.92 Å². The first-order valence-electron chi connectivity index (χ1n) is 8.13. The smallest absolute Gasteiger partial charge is 0.137 e. The van der Waals surface area contributed by atoms with E-state index in [0.29, 0.717) is 0 Å². The van der Waals surface area contributed by atoms with Crippen LogP contribution in [0.25, 0.3) is 0 Å². The molecule has 0 amide bonds. The van der Waals surface area contributed by atoms with E-state index in [1.54, 1.807) is 6.33 Å². The van der Waals surface area contributed by atoms with Crippen LogP contribution in [-0.4, -0.2) is 55.1 Å². The summed E-state index contributed by atoms with van der Waals surface area (Å²) in [6.45, 7) is 8.78. The van der Waals surface area contributed by atoms with E-state index in [1.807, 2.05) is 0 Å². The van der Waals surface area contributed by atoms with Gasteiger partial charge in [-0.25, -0.2) is 9.97 Å². The van der Waals surface area contributed by atoms with Crippen LogP contribution in [0.2, 0.25) is 0 Å². The van der Waals surface area contributed by atoms with Crippen molar-refractivity contribution in [2.24, 2.45) is 5.92 Å². The van der Waals surface area contributed by atoms with E-state index in [9.17, 15) is 0 Å². The van der Waals surface area contributed by atoms with Gasteiger partial charge in [-0.3, -0.25) is 0 Å². The Labute approximate surface area is 128 Å². The van der Waals surface area contributed by atoms with E-state index in [1.165, 1.54) is 25.1 Å². The molecule has 1 aliphatic rings. The quantitative estimate of drug-likeness (QED) is 0.835. The highest BCUT2D eigenvalue weighted by Crippen LogP contribution is 2.25. The fourth-order valence-electron chi connectivity index (χ4n) is 3.10. The summed E-state index contributed by atoms with van der Waals surface area (Å²) in [4.78, 5) is 13.7. The third-order valence-electron chi connectivity index (χ3n) is 4.20. The highest BCUT2D eigenvalue weighted by atomic mass is 15.2. The summed E-state index contributed by atoms with van der Waals surface area (Å²) in [5.41, 5.74) is 1.24. The zero-order chi connectivity index (χ0) is 15.2. The van der Waals surface area contributed by atoms with E-state index >= 15 is 0 Å². The van der Waals surface area contributed by atoms with Gasteiger partial charge in [0.1, 0.15) is 18.0 Å². The monoisotopic (exact) mass is 291 g/mol. The molecular weight excluding hydrogens is 262 g/mol. The van der Waals surface area contributed by atoms with Crippen molar-refractivity contribution in [2.75, 3.05) is 50.5 Å². The Balaban J connectivity index is 2.10. The zero-order valence-electron chi connectivity index (χ0n) is 13.9. The number of nitrogens with one attached hydrogen (secondary N) is 1. The Morgan fingerprint density at radius 1 is 1.38 bits per heavy atom. The Hall–Kier alpha value is -1.36. The Bertz CT molecular complexity index is 448. The first-order valence-corrected chi connectivity index (χ1v) is 8.13. The van der Waals surface area contributed by atoms with Crippen LogP contribution in [-0.2, 0) is 6.42 Å². The molecule has 0 aliphatic carbocycles. The number of anilines is 2. The third kappa shape index (κ3) is 4.06. The fourth-order valence-corrected chi connectivity index (χ4v) is 3.10. The first-order chi connectivity index (χ1) is 10.2. The Kier molecular flexibility index (Phi) is 5.79. The van der Waals surface area contributed by atoms with Gasteiger partial charge >= 0.3 is 0 Å². The normalized spacial score (nSPS) is 19.0. The average molecular weight is 291 g/mol. The molecule has 1 aliphatic heterocycles. The molecule has 21 heavy (non-hydrogen) atoms. The van der Waals surface area contributed by atoms with Crippen molar-refractivity contribution >= 4 is 11.6 Å². The number of hydrogen-bond acceptors (Lipinski definition) is 5. The number of likely N-dealkylation sites (tertiary alicyclic amines) is 1. The van der Waals surface area contributed by atoms with Crippen LogP contribution < -0.4 is 10.2 Å². The summed E-state index contributed by atoms with van der Waals surface area (Å²) in [5.74, 6) is 2.83. The van der Waals surface area contributed by atoms with Gasteiger partial charge in [0.25, 0.3) is 0 Å². The number of hydrogen-bond donors (Lipinski definition) is 1. The van der Waals surface area contributed by atoms with Crippen molar-refractivity contribution in [3.05, 3.63) is 11.9 Å². The second kappa shape index (κ2) is 7.59. The predicted molar refractivity (Wildman–Crippen MR) is 89.1 cm³/mol. The fraction of sp³-hybridized carbons (Fsp3) is 0.750. The minimum absolute atomic E-state index is 0.742. The lowest BCUT2D eigenvalue weighted by atomic mass is 10.1. The van der Waals surface area contributed by atoms with Crippen LogP contribution in [0.3, 0.4) is 0 Å². The predicted octanol–water partition coefficient (Wildman–Crippen LogP) is 2.25. The van der Waals surface area contributed by atoms with E-state index in [2.05, 4.69) is 53.0 Å². The molecule has 1 unspecified atom stereocenters. The zero-order valence-corrected chi connectivity index (χ0v) is 13.9. The van der Waals surface area contributed by atoms with Crippen LogP contribution in [0.15, 0.2) is 6.33 Å². The summed E-state index contributed by atoms with van der Waals surface area (Å²) in [6, 6.07) is 0. The number of aromatic nitrogens is 2. The lowest BCUT2D eigenvalue weighted by molar-refractivity contribution is 0.395. The van der Waals surface area contributed by atoms with Gasteiger partial charge in [0.05, 0.1) is 0 Å². The molecule has 118 valence electrons. The van der Waals surface area contributed by atoms with Crippen molar-refractivity contribution < 1.29 is 0 Å². The van der Waals surface area contributed by atoms with Crippen molar-refractivity contribution in [1.29, 1.82) is 0 Å². The van der Waals surface area contributed by atoms with E-state index in [-0.39, 0.29) is 0 Å². The highest BCUT2D eigenvalue weighted by Gasteiger charge is 2.22. The summed E-state index contributed by atoms with van der Waals surface area (Å²) >= 11 is 0. The van der Waals surface area contributed by atoms with Crippen LogP contribution >= 0.6 is 0 Å². The molecule has 5 heteroatoms. The molecule has 1 N–H and O–H groups in total. The minimum Gasteiger partial charge on any atom is -0.370 e. The van der Waals surface area contributed by atoms with Crippen LogP contribution in [0.1, 0.15) is 32.3 Å². The molecular formula is C16H29N5. The maximum Gasteiger partial charge on any atom is 0.137 e. The van der Waals surface area contributed by atoms with Crippen molar-refractivity contribution in [2.45, 2.75) is 33.1 Å². The van der Waals surface area contributed by atoms with E-state index < -0.39 is 0 Å². The molecule has 0 bridgehead atoms. The molecule has 1 saturated heterocycles. The topological polar surface area (TPSA) is 44.3 Å². The molecule has 5 nitrogen and oxygen atoms in total. The third-order valence-corrected chi connectivity index (χ3v) is 4.20. The molecule has 0 radical (unpaired) electrons. The molecule has 0 saturated carbocycles. The Morgan fingerprint density at radius 2 is 2.19 bits per heavy atom. The van der Waals surface area contributed by atoms with Gasteiger partial charge in [-0.1, -0.05) is 13.8 Å². The minimum atomic E-state index is 0.742. The molecule has 2 rings (SSSR count). The maximum absolute atomic E-state index is 4.54. The van der Waals surface area contributed by atoms with Crippen molar-refractivity contribution in [3.8, 4) is 0 Å². The summed E-state index contributed by atoms with van der Waals surface area (Å²) in [5, 5.41) is 3.42. The van der Waals surface area contributed by atoms with E-state index in [0.717, 1.165) is 43.5 Å². The second-order valence-electron chi connectivity index (χ2n) is 6.10. The number of nitrogens with zero attached hydrogens (tertiary/aromatic N) is 4. The van der Waals surface area contributed by atoms with Gasteiger partial charge in [-0.05, 0) is 38.8 Å². The van der Waals surface area contributed by atoms with Gasteiger partial charge in [-0.2, -0.15) is 0 Å². The first kappa shape index (κ1) is 16.0. The standard InChI is InChI=1S/C16H29N5/c1-5-8-17-15-14(6-2)16(19-12-18-15)21(4)11-13-7-9-20(3)10-13/h12-13H,5-11H2,1-4H3,(H,17,18,19). The highest BCUT2D eigenvalue weighted by molar-refractivity contribution is 5.58. The van der Waals surface area contributed by atoms with Gasteiger partial charge in [-0.15, -0.1) is 0 Å². The maximum atomic E-state index is 4.54. The lowest BCUT2D eigenvalue weighted by Crippen LogP contribution is -2.29. The van der Waals surface area contributed by atoms with Crippen LogP contribution in [0.5, 0.6) is 0 Å². The molecule has 1 atom stereocenters. The van der Waals surface area contributed by atoms with Gasteiger partial charge in [0.15, 0.2) is 0 Å². The number of rotatable bonds is 7. The Morgan fingerprint density at radius 3 is 2.81 bits per heavy atom. The summed E-state index contributed by atoms with van der Waals surface area (Å²) < 4.78 is 0. The van der Waals surface area contributed by atoms with Crippen molar-refractivity contribution in [1.82, 2.24) is 14.9 Å². The molecule has 0 aromatic carbocycles. The molecule has 1 aromatic heterocycles. The molecule has 1 aromatic rings. The second-order valence-corrected chi connectivity index (χ2v) is 6.10. The lowest BCUT2D eigenvalue weighted by Gasteiger charge is -2.25. The largest absolute Gasteiger partial charge is 0.370 e. The molecule has 2 heterocycles. The van der Waals surface area contributed by atoms with Crippen molar-refractivity contribution in [3.63, 3.8) is 0 Å². The van der Waals surface area contributed by atoms with Gasteiger partial charge < -0.3 is 15.1 Å². The summed E-state index contributed by atoms with van der Waals surface area (Å²) in [6.07, 6.45) is 5.03. The average Bonchev–Trinajstić information content (AvgIpc) is 2.89. The van der Waals surface area contributed by atoms with Crippen LogP contribution in [0.4, 0.5) is 11.6 Å². The van der Waals surface area contributed by atoms with Gasteiger partial charge in [0.2, 0.25) is 0 Å². The van der Waals surface area contributed by atoms with E-state index in [4.69, 9.17) is 0 Å².